The molecule has 9 aromatic carbocycles. The van der Waals surface area contributed by atoms with Crippen LogP contribution in [0.25, 0.3) is 55.8 Å². The lowest BCUT2D eigenvalue weighted by Crippen LogP contribution is -2.47. The van der Waals surface area contributed by atoms with E-state index in [2.05, 4.69) is 185 Å². The van der Waals surface area contributed by atoms with Gasteiger partial charge in [0.15, 0.2) is 23.3 Å². The van der Waals surface area contributed by atoms with Crippen LogP contribution in [0.2, 0.25) is 0 Å². The second kappa shape index (κ2) is 39.8. The predicted molar refractivity (Wildman–Crippen MR) is 583 cm³/mol. The average Bonchev–Trinajstić information content (AvgIpc) is 0.745. The number of benzene rings is 9. The molecule has 0 radical (unpaired) electrons. The number of hydrogen-bond acceptors (Lipinski definition) is 12. The summed E-state index contributed by atoms with van der Waals surface area (Å²) in [5.74, 6) is 13.7. The van der Waals surface area contributed by atoms with E-state index >= 15 is 0 Å². The number of aromatic nitrogens is 8. The summed E-state index contributed by atoms with van der Waals surface area (Å²) in [6.45, 7) is 0. The lowest BCUT2D eigenvalue weighted by Gasteiger charge is -2.57. The highest BCUT2D eigenvalue weighted by Gasteiger charge is 2.56. The molecule has 16 heteroatoms. The summed E-state index contributed by atoms with van der Waals surface area (Å²) in [4.78, 5) is 94.5. The highest BCUT2D eigenvalue weighted by atomic mass is 16.2. The van der Waals surface area contributed by atoms with Gasteiger partial charge in [0.1, 0.15) is 0 Å². The number of nitrogens with one attached hydrogen (secondary N) is 4. The molecule has 0 aliphatic heterocycles. The summed E-state index contributed by atoms with van der Waals surface area (Å²) in [6.07, 6.45) is 48.5. The zero-order chi connectivity index (χ0) is 98.3. The van der Waals surface area contributed by atoms with Gasteiger partial charge < -0.3 is 21.3 Å². The van der Waals surface area contributed by atoms with Crippen molar-refractivity contribution in [1.82, 2.24) is 39.9 Å². The molecule has 4 aromatic heterocycles. The third-order valence-electron chi connectivity index (χ3n) is 38.2. The fraction of sp³-hybridized carbons (Fsp3) is 0.450. The van der Waals surface area contributed by atoms with Crippen LogP contribution < -0.4 is 21.3 Å². The van der Waals surface area contributed by atoms with E-state index in [1.807, 2.05) is 66.7 Å². The van der Waals surface area contributed by atoms with Gasteiger partial charge in [0.25, 0.3) is 0 Å². The second-order valence-electron chi connectivity index (χ2n) is 49.3. The van der Waals surface area contributed by atoms with Crippen molar-refractivity contribution in [2.45, 2.75) is 276 Å². The standard InChI is InChI=1S/C35H35N3O.C33H37N3O.C32H35N3O.C31H33N3O/c39-32(17-22-9-10-26-5-1-2-7-28(26)16-22)38-34-31(21-35-18-23-13-24(19-35)15-25(14-23)20-35)36-33-29-8-4-3-6-27(29)11-12-30(33)37-34;37-30(12-6-9-22-7-2-1-3-8-22)36-32-29(21-33-18-23-15-24(19-33)17-25(16-23)20-33)34-31-27-11-5-4-10-26(27)13-14-28(31)35-32;36-29(13-10-21-6-2-1-3-7-21)35-31-28(20-32-17-22-14-23(18-32)16-24(15-22)19-32)33-30-26-9-5-4-8-25(26)11-12-27(30)34-31;35-28(15-20-6-2-1-3-7-20)34-30-27(19-31-16-21-12-22(17-31)14-23(13-21)18-31)32-29-25-9-5-4-8-24(25)10-11-26(29)33-30/h1-10,16,23-25H,11-15,17-21H2,(H,37,38,39);1-5,7-8,10-11,23-25H,6,9,12-21H2,(H,35,36,37);1-9,22-24H,10-20H2,(H,34,35,36);1-9,21-23H,10-19H2,(H,33,34,35). The first-order chi connectivity index (χ1) is 72.0. The van der Waals surface area contributed by atoms with Crippen molar-refractivity contribution in [2.75, 3.05) is 21.3 Å². The van der Waals surface area contributed by atoms with Gasteiger partial charge in [-0.25, -0.2) is 39.9 Å². The number of anilines is 4. The fourth-order valence-corrected chi connectivity index (χ4v) is 33.9. The average molecular weight is 1950 g/mol. The van der Waals surface area contributed by atoms with E-state index in [0.29, 0.717) is 59.0 Å². The minimum absolute atomic E-state index is 0.00609. The molecule has 16 fully saturated rings. The lowest BCUT2D eigenvalue weighted by molar-refractivity contribution is -0.117. The van der Waals surface area contributed by atoms with Crippen molar-refractivity contribution in [3.8, 4) is 45.0 Å². The molecular weight excluding hydrogens is 1810 g/mol. The third kappa shape index (κ3) is 20.1. The first-order valence-electron chi connectivity index (χ1n) is 56.7. The van der Waals surface area contributed by atoms with Crippen LogP contribution in [0.4, 0.5) is 23.3 Å². The first-order valence-corrected chi connectivity index (χ1v) is 56.7. The number of hydrogen-bond donors (Lipinski definition) is 4. The fourth-order valence-electron chi connectivity index (χ4n) is 33.9. The van der Waals surface area contributed by atoms with Crippen LogP contribution in [0.5, 0.6) is 0 Å². The van der Waals surface area contributed by atoms with Crippen molar-refractivity contribution >= 4 is 57.7 Å². The van der Waals surface area contributed by atoms with Gasteiger partial charge in [-0.2, -0.15) is 0 Å². The minimum Gasteiger partial charge on any atom is -0.309 e. The van der Waals surface area contributed by atoms with Crippen LogP contribution in [0, 0.1) is 92.7 Å². The Morgan fingerprint density at radius 2 is 0.497 bits per heavy atom. The molecule has 4 heterocycles. The van der Waals surface area contributed by atoms with Crippen LogP contribution in [-0.2, 0) is 122 Å². The van der Waals surface area contributed by atoms with Crippen molar-refractivity contribution in [3.05, 3.63) is 321 Å². The molecule has 20 aliphatic rings. The van der Waals surface area contributed by atoms with Crippen LogP contribution >= 0.6 is 0 Å². The molecular formula is C131H140N12O4. The summed E-state index contributed by atoms with van der Waals surface area (Å²) in [6, 6.07) is 79.8. The Balaban J connectivity index is 0.0000000995. The smallest absolute Gasteiger partial charge is 0.229 e. The van der Waals surface area contributed by atoms with Gasteiger partial charge in [-0.1, -0.05) is 231 Å². The Morgan fingerprint density at radius 1 is 0.238 bits per heavy atom. The molecule has 16 nitrogen and oxygen atoms in total. The number of aryl methyl sites for hydroxylation is 10. The molecule has 0 atom stereocenters. The Labute approximate surface area is 866 Å². The molecule has 0 spiro atoms. The molecule has 748 valence electrons. The van der Waals surface area contributed by atoms with Crippen molar-refractivity contribution in [3.63, 3.8) is 0 Å². The Bertz CT molecular complexity index is 7050. The van der Waals surface area contributed by atoms with E-state index in [9.17, 15) is 19.2 Å². The van der Waals surface area contributed by atoms with E-state index in [0.717, 1.165) is 264 Å². The maximum atomic E-state index is 13.4. The van der Waals surface area contributed by atoms with Gasteiger partial charge in [-0.15, -0.1) is 0 Å². The topological polar surface area (TPSA) is 220 Å². The SMILES string of the molecule is O=C(CCCc1ccccc1)Nc1nc2c(nc1CC13CC4CC(CC(C4)C1)C3)-c1ccccc1CC2.O=C(CCc1ccccc1)Nc1nc2c(nc1CC13CC4CC(CC(C4)C1)C3)-c1ccccc1CC2.O=C(Cc1ccc2ccccc2c1)Nc1nc2c(nc1CC13CC4CC(CC(C4)C1)C3)-c1ccccc1CC2.O=C(Cc1ccccc1)Nc1nc2c(nc1CC13CC4CC(CC(C4)C1)C3)-c1ccccc1CC2. The molecule has 16 bridgehead atoms. The molecule has 20 aliphatic carbocycles. The number of carbonyl (C=O) groups excluding carboxylic acids is 4. The quantitative estimate of drug-likeness (QED) is 0.0470. The monoisotopic (exact) mass is 1950 g/mol. The van der Waals surface area contributed by atoms with Crippen LogP contribution in [-0.4, -0.2) is 63.5 Å². The van der Waals surface area contributed by atoms with Gasteiger partial charge in [0.05, 0.1) is 81.2 Å². The van der Waals surface area contributed by atoms with Gasteiger partial charge >= 0.3 is 0 Å². The van der Waals surface area contributed by atoms with E-state index in [1.165, 1.54) is 215 Å². The number of rotatable bonds is 23. The Kier molecular flexibility index (Phi) is 25.5. The summed E-state index contributed by atoms with van der Waals surface area (Å²) in [5, 5.41) is 15.3. The third-order valence-corrected chi connectivity index (χ3v) is 38.2. The van der Waals surface area contributed by atoms with Gasteiger partial charge in [-0.3, -0.25) is 19.2 Å². The zero-order valence-electron chi connectivity index (χ0n) is 85.5. The number of carbonyl (C=O) groups is 4. The maximum Gasteiger partial charge on any atom is 0.229 e. The Morgan fingerprint density at radius 3 is 0.816 bits per heavy atom. The number of fused-ring (bicyclic) bond motifs is 13. The molecule has 33 rings (SSSR count). The molecule has 16 saturated carbocycles. The molecule has 13 aromatic rings. The van der Waals surface area contributed by atoms with E-state index in [-0.39, 0.29) is 23.6 Å². The number of nitrogens with zero attached hydrogens (tertiary/aromatic N) is 8. The van der Waals surface area contributed by atoms with Gasteiger partial charge in [-0.05, 0) is 398 Å². The Hall–Kier alpha value is -12.6. The van der Waals surface area contributed by atoms with Crippen molar-refractivity contribution < 1.29 is 19.2 Å². The van der Waals surface area contributed by atoms with Gasteiger partial charge in [0.2, 0.25) is 23.6 Å². The summed E-state index contributed by atoms with van der Waals surface area (Å²) >= 11 is 0. The van der Waals surface area contributed by atoms with Crippen LogP contribution in [0.15, 0.2) is 231 Å². The van der Waals surface area contributed by atoms with Gasteiger partial charge in [0, 0.05) is 35.1 Å². The normalized spacial score (nSPS) is 27.1. The molecule has 147 heavy (non-hydrogen) atoms. The predicted octanol–water partition coefficient (Wildman–Crippen LogP) is 27.1. The molecule has 4 amide bonds. The number of amides is 4. The van der Waals surface area contributed by atoms with Crippen molar-refractivity contribution in [2.24, 2.45) is 92.7 Å². The summed E-state index contributed by atoms with van der Waals surface area (Å²) in [7, 11) is 0. The second-order valence-corrected chi connectivity index (χ2v) is 49.3. The largest absolute Gasteiger partial charge is 0.309 e. The van der Waals surface area contributed by atoms with E-state index < -0.39 is 0 Å². The van der Waals surface area contributed by atoms with E-state index in [1.54, 1.807) is 0 Å². The highest BCUT2D eigenvalue weighted by molar-refractivity contribution is 5.95. The molecule has 0 unspecified atom stereocenters. The van der Waals surface area contributed by atoms with Crippen LogP contribution in [0.3, 0.4) is 0 Å². The van der Waals surface area contributed by atoms with E-state index in [4.69, 9.17) is 39.9 Å². The zero-order valence-corrected chi connectivity index (χ0v) is 85.5. The summed E-state index contributed by atoms with van der Waals surface area (Å²) in [5.41, 5.74) is 28.5. The first kappa shape index (κ1) is 94.2. The van der Waals surface area contributed by atoms with Crippen molar-refractivity contribution in [1.29, 1.82) is 0 Å². The minimum atomic E-state index is -0.0116. The molecule has 4 N–H and O–H groups in total. The molecule has 0 saturated heterocycles. The van der Waals surface area contributed by atoms with Crippen LogP contribution in [0.1, 0.15) is 263 Å². The highest BCUT2D eigenvalue weighted by Crippen LogP contribution is 2.66. The summed E-state index contributed by atoms with van der Waals surface area (Å²) < 4.78 is 0. The lowest BCUT2D eigenvalue weighted by atomic mass is 9.48. The maximum absolute atomic E-state index is 13.4.